The van der Waals surface area contributed by atoms with Crippen molar-refractivity contribution in [1.82, 2.24) is 8.98 Å². The first-order valence-corrected chi connectivity index (χ1v) is 12.3. The third-order valence-corrected chi connectivity index (χ3v) is 7.52. The Bertz CT molecular complexity index is 1540. The summed E-state index contributed by atoms with van der Waals surface area (Å²) >= 11 is 5.96. The Morgan fingerprint density at radius 2 is 1.74 bits per heavy atom. The lowest BCUT2D eigenvalue weighted by atomic mass is 10.1. The predicted octanol–water partition coefficient (Wildman–Crippen LogP) is 5.08. The van der Waals surface area contributed by atoms with Gasteiger partial charge in [0.2, 0.25) is 18.0 Å². The second-order valence-corrected chi connectivity index (χ2v) is 10.2. The van der Waals surface area contributed by atoms with Gasteiger partial charge >= 0.3 is 0 Å². The molecule has 0 bridgehead atoms. The number of hydrogen-bond donors (Lipinski definition) is 0. The zero-order valence-corrected chi connectivity index (χ0v) is 19.9. The summed E-state index contributed by atoms with van der Waals surface area (Å²) in [7, 11) is -3.95. The van der Waals surface area contributed by atoms with Crippen LogP contribution in [0.1, 0.15) is 29.8 Å². The summed E-state index contributed by atoms with van der Waals surface area (Å²) in [6, 6.07) is 20.7. The maximum Gasteiger partial charge on any atom is 0.268 e. The normalized spacial score (nSPS) is 15.9. The van der Waals surface area contributed by atoms with Gasteiger partial charge in [-0.05, 0) is 55.0 Å². The van der Waals surface area contributed by atoms with Crippen LogP contribution in [0.3, 0.4) is 0 Å². The SMILES string of the molecule is CC(=O)N1N=C(c2ccccc2)OC1c1cn(S(=O)(=O)c2ccc(Cl)cc2)c2cc(C)ccc12. The molecule has 1 atom stereocenters. The Kier molecular flexibility index (Phi) is 5.42. The molecule has 3 aromatic carbocycles. The Balaban J connectivity index is 1.67. The number of aryl methyl sites for hydroxylation is 1. The van der Waals surface area contributed by atoms with Gasteiger partial charge in [0.15, 0.2) is 0 Å². The fraction of sp³-hybridized carbons (Fsp3) is 0.120. The quantitative estimate of drug-likeness (QED) is 0.397. The summed E-state index contributed by atoms with van der Waals surface area (Å²) in [6.07, 6.45) is 0.581. The largest absolute Gasteiger partial charge is 0.446 e. The molecule has 0 aliphatic carbocycles. The van der Waals surface area contributed by atoms with Crippen molar-refractivity contribution >= 4 is 44.3 Å². The van der Waals surface area contributed by atoms with Crippen LogP contribution >= 0.6 is 11.6 Å². The number of carbonyl (C=O) groups is 1. The van der Waals surface area contributed by atoms with E-state index in [2.05, 4.69) is 5.10 Å². The van der Waals surface area contributed by atoms with Gasteiger partial charge < -0.3 is 4.74 Å². The van der Waals surface area contributed by atoms with Crippen molar-refractivity contribution in [3.63, 3.8) is 0 Å². The second-order valence-electron chi connectivity index (χ2n) is 7.96. The molecule has 7 nitrogen and oxygen atoms in total. The molecular weight excluding hydrogens is 474 g/mol. The molecule has 0 N–H and O–H groups in total. The number of amides is 1. The molecule has 172 valence electrons. The lowest BCUT2D eigenvalue weighted by Gasteiger charge is -2.18. The van der Waals surface area contributed by atoms with Crippen molar-refractivity contribution in [2.75, 3.05) is 0 Å². The molecule has 5 rings (SSSR count). The maximum atomic E-state index is 13.6. The maximum absolute atomic E-state index is 13.6. The van der Waals surface area contributed by atoms with Gasteiger partial charge in [-0.3, -0.25) is 4.79 Å². The molecule has 2 heterocycles. The Labute approximate surface area is 201 Å². The molecule has 1 aliphatic rings. The number of fused-ring (bicyclic) bond motifs is 1. The van der Waals surface area contributed by atoms with Crippen LogP contribution in [-0.2, 0) is 19.6 Å². The second kappa shape index (κ2) is 8.30. The van der Waals surface area contributed by atoms with E-state index in [0.29, 0.717) is 27.1 Å². The average Bonchev–Trinajstić information content (AvgIpc) is 3.42. The zero-order chi connectivity index (χ0) is 24.0. The highest BCUT2D eigenvalue weighted by molar-refractivity contribution is 7.90. The first-order valence-electron chi connectivity index (χ1n) is 10.5. The van der Waals surface area contributed by atoms with Gasteiger partial charge in [0.25, 0.3) is 10.0 Å². The molecule has 0 saturated carbocycles. The minimum absolute atomic E-state index is 0.0962. The van der Waals surface area contributed by atoms with Crippen LogP contribution in [0.2, 0.25) is 5.02 Å². The minimum Gasteiger partial charge on any atom is -0.446 e. The predicted molar refractivity (Wildman–Crippen MR) is 130 cm³/mol. The van der Waals surface area contributed by atoms with Crippen molar-refractivity contribution in [2.24, 2.45) is 5.10 Å². The first-order chi connectivity index (χ1) is 16.3. The van der Waals surface area contributed by atoms with Gasteiger partial charge in [0.05, 0.1) is 10.4 Å². The molecule has 1 amide bonds. The van der Waals surface area contributed by atoms with E-state index < -0.39 is 16.3 Å². The number of rotatable bonds is 4. The van der Waals surface area contributed by atoms with Crippen LogP contribution < -0.4 is 0 Å². The van der Waals surface area contributed by atoms with Gasteiger partial charge in [-0.25, -0.2) is 12.4 Å². The molecule has 1 aliphatic heterocycles. The number of hydrogen-bond acceptors (Lipinski definition) is 5. The van der Waals surface area contributed by atoms with Crippen molar-refractivity contribution in [1.29, 1.82) is 0 Å². The fourth-order valence-electron chi connectivity index (χ4n) is 3.92. The van der Waals surface area contributed by atoms with E-state index in [0.717, 1.165) is 5.56 Å². The summed E-state index contributed by atoms with van der Waals surface area (Å²) < 4.78 is 34.5. The highest BCUT2D eigenvalue weighted by Crippen LogP contribution is 2.37. The number of carbonyl (C=O) groups excluding carboxylic acids is 1. The van der Waals surface area contributed by atoms with Crippen LogP contribution in [0.5, 0.6) is 0 Å². The highest BCUT2D eigenvalue weighted by Gasteiger charge is 2.36. The number of benzene rings is 3. The lowest BCUT2D eigenvalue weighted by molar-refractivity contribution is -0.135. The van der Waals surface area contributed by atoms with Crippen LogP contribution in [0.4, 0.5) is 0 Å². The molecule has 0 spiro atoms. The number of aromatic nitrogens is 1. The van der Waals surface area contributed by atoms with Gasteiger partial charge in [-0.2, -0.15) is 5.01 Å². The van der Waals surface area contributed by atoms with Crippen molar-refractivity contribution < 1.29 is 17.9 Å². The van der Waals surface area contributed by atoms with Crippen LogP contribution in [0.15, 0.2) is 89.0 Å². The monoisotopic (exact) mass is 493 g/mol. The lowest BCUT2D eigenvalue weighted by Crippen LogP contribution is -2.25. The van der Waals surface area contributed by atoms with Gasteiger partial charge in [-0.15, -0.1) is 5.10 Å². The smallest absolute Gasteiger partial charge is 0.268 e. The van der Waals surface area contributed by atoms with Crippen molar-refractivity contribution in [3.8, 4) is 0 Å². The van der Waals surface area contributed by atoms with Gasteiger partial charge in [0.1, 0.15) is 0 Å². The van der Waals surface area contributed by atoms with Crippen LogP contribution in [-0.4, -0.2) is 29.2 Å². The standard InChI is InChI=1S/C25H20ClN3O4S/c1-16-8-13-21-22(25-29(17(2)30)27-24(33-25)18-6-4-3-5-7-18)15-28(23(21)14-16)34(31,32)20-11-9-19(26)10-12-20/h3-15,25H,1-2H3. The number of hydrazone groups is 1. The number of halogens is 1. The molecular formula is C25H20ClN3O4S. The molecule has 1 aromatic heterocycles. The third-order valence-electron chi connectivity index (χ3n) is 5.58. The van der Waals surface area contributed by atoms with E-state index in [4.69, 9.17) is 16.3 Å². The van der Waals surface area contributed by atoms with E-state index in [1.54, 1.807) is 6.07 Å². The molecule has 0 saturated heterocycles. The number of ether oxygens (including phenoxy) is 1. The Hall–Kier alpha value is -3.62. The molecule has 4 aromatic rings. The van der Waals surface area contributed by atoms with Crippen LogP contribution in [0.25, 0.3) is 10.9 Å². The van der Waals surface area contributed by atoms with E-state index in [1.807, 2.05) is 49.4 Å². The van der Waals surface area contributed by atoms with E-state index in [9.17, 15) is 13.2 Å². The van der Waals surface area contributed by atoms with Crippen LogP contribution in [0, 0.1) is 6.92 Å². The topological polar surface area (TPSA) is 81.0 Å². The summed E-state index contributed by atoms with van der Waals surface area (Å²) in [5.41, 5.74) is 2.59. The number of nitrogens with zero attached hydrogens (tertiary/aromatic N) is 3. The van der Waals surface area contributed by atoms with E-state index in [-0.39, 0.29) is 16.7 Å². The molecule has 9 heteroatoms. The minimum atomic E-state index is -3.95. The molecule has 0 radical (unpaired) electrons. The summed E-state index contributed by atoms with van der Waals surface area (Å²) in [5.74, 6) is -0.0427. The van der Waals surface area contributed by atoms with Gasteiger partial charge in [0, 0.05) is 34.7 Å². The van der Waals surface area contributed by atoms with Gasteiger partial charge in [-0.1, -0.05) is 41.9 Å². The summed E-state index contributed by atoms with van der Waals surface area (Å²) in [6.45, 7) is 3.28. The van der Waals surface area contributed by atoms with Crippen molar-refractivity contribution in [2.45, 2.75) is 25.0 Å². The Morgan fingerprint density at radius 1 is 1.03 bits per heavy atom. The van der Waals surface area contributed by atoms with Crippen molar-refractivity contribution in [3.05, 3.63) is 101 Å². The molecule has 0 fully saturated rings. The fourth-order valence-corrected chi connectivity index (χ4v) is 5.41. The van der Waals surface area contributed by atoms with E-state index >= 15 is 0 Å². The average molecular weight is 494 g/mol. The zero-order valence-electron chi connectivity index (χ0n) is 18.3. The first kappa shape index (κ1) is 22.2. The Morgan fingerprint density at radius 3 is 2.41 bits per heavy atom. The molecule has 34 heavy (non-hydrogen) atoms. The van der Waals surface area contributed by atoms with E-state index in [1.165, 1.54) is 46.4 Å². The summed E-state index contributed by atoms with van der Waals surface area (Å²) in [4.78, 5) is 12.6. The third kappa shape index (κ3) is 3.74. The highest BCUT2D eigenvalue weighted by atomic mass is 35.5. The molecule has 1 unspecified atom stereocenters. The summed E-state index contributed by atoms with van der Waals surface area (Å²) in [5, 5.41) is 6.70.